The van der Waals surface area contributed by atoms with Crippen LogP contribution in [0.5, 0.6) is 0 Å². The van der Waals surface area contributed by atoms with Gasteiger partial charge in [0.2, 0.25) is 5.91 Å². The molecule has 0 bridgehead atoms. The number of hydrogen-bond donors (Lipinski definition) is 0. The first-order valence-corrected chi connectivity index (χ1v) is 8.66. The third kappa shape index (κ3) is 3.99. The molecule has 7 heteroatoms. The van der Waals surface area contributed by atoms with Crippen molar-refractivity contribution in [2.75, 3.05) is 52.5 Å². The minimum Gasteiger partial charge on any atom is -0.378 e. The highest BCUT2D eigenvalue weighted by Gasteiger charge is 2.28. The second-order valence-electron chi connectivity index (χ2n) is 6.02. The zero-order chi connectivity index (χ0) is 16.9. The van der Waals surface area contributed by atoms with E-state index in [1.807, 2.05) is 32.9 Å². The van der Waals surface area contributed by atoms with E-state index in [1.165, 1.54) is 0 Å². The van der Waals surface area contributed by atoms with E-state index in [-0.39, 0.29) is 11.9 Å². The molecule has 3 amide bonds. The maximum Gasteiger partial charge on any atom is 0.320 e. The van der Waals surface area contributed by atoms with Crippen molar-refractivity contribution in [1.29, 1.82) is 0 Å². The molecule has 1 aromatic rings. The molecular weight excluding hydrogens is 330 g/mol. The Bertz CT molecular complexity index is 596. The molecule has 1 aromatic carbocycles. The van der Waals surface area contributed by atoms with Crippen molar-refractivity contribution in [2.45, 2.75) is 6.42 Å². The third-order valence-corrected chi connectivity index (χ3v) is 4.85. The van der Waals surface area contributed by atoms with Crippen LogP contribution in [0.1, 0.15) is 5.56 Å². The van der Waals surface area contributed by atoms with Crippen LogP contribution in [0.4, 0.5) is 4.79 Å². The van der Waals surface area contributed by atoms with Crippen molar-refractivity contribution in [1.82, 2.24) is 14.7 Å². The zero-order valence-electron chi connectivity index (χ0n) is 13.6. The van der Waals surface area contributed by atoms with E-state index in [9.17, 15) is 9.59 Å². The number of carbonyl (C=O) groups is 2. The fourth-order valence-corrected chi connectivity index (χ4v) is 3.22. The summed E-state index contributed by atoms with van der Waals surface area (Å²) in [6.07, 6.45) is 0.303. The van der Waals surface area contributed by atoms with Crippen molar-refractivity contribution in [3.63, 3.8) is 0 Å². The molecule has 2 heterocycles. The van der Waals surface area contributed by atoms with Gasteiger partial charge in [-0.15, -0.1) is 0 Å². The summed E-state index contributed by atoms with van der Waals surface area (Å²) in [6.45, 7) is 4.77. The monoisotopic (exact) mass is 351 g/mol. The van der Waals surface area contributed by atoms with Gasteiger partial charge in [0.1, 0.15) is 0 Å². The van der Waals surface area contributed by atoms with E-state index in [0.717, 1.165) is 5.56 Å². The number of carbonyl (C=O) groups excluding carboxylic acids is 2. The summed E-state index contributed by atoms with van der Waals surface area (Å²) in [5.41, 5.74) is 0.844. The van der Waals surface area contributed by atoms with E-state index >= 15 is 0 Å². The minimum atomic E-state index is 0.0523. The van der Waals surface area contributed by atoms with Gasteiger partial charge in [0.25, 0.3) is 0 Å². The number of hydrogen-bond acceptors (Lipinski definition) is 3. The van der Waals surface area contributed by atoms with Gasteiger partial charge in [-0.2, -0.15) is 0 Å². The summed E-state index contributed by atoms with van der Waals surface area (Å²) in [4.78, 5) is 30.3. The molecule has 6 nitrogen and oxygen atoms in total. The van der Waals surface area contributed by atoms with Gasteiger partial charge >= 0.3 is 6.03 Å². The van der Waals surface area contributed by atoms with Crippen LogP contribution in [0.3, 0.4) is 0 Å². The third-order valence-electron chi connectivity index (χ3n) is 4.48. The zero-order valence-corrected chi connectivity index (χ0v) is 14.4. The molecular formula is C17H22ClN3O3. The summed E-state index contributed by atoms with van der Waals surface area (Å²) in [5, 5.41) is 0.618. The molecule has 2 fully saturated rings. The van der Waals surface area contributed by atoms with Gasteiger partial charge in [-0.1, -0.05) is 29.8 Å². The molecule has 0 aromatic heterocycles. The van der Waals surface area contributed by atoms with Gasteiger partial charge in [-0.3, -0.25) is 4.79 Å². The van der Waals surface area contributed by atoms with Gasteiger partial charge in [-0.05, 0) is 11.6 Å². The van der Waals surface area contributed by atoms with Crippen LogP contribution in [-0.2, 0) is 16.0 Å². The number of rotatable bonds is 2. The number of benzene rings is 1. The summed E-state index contributed by atoms with van der Waals surface area (Å²) >= 11 is 6.12. The van der Waals surface area contributed by atoms with Crippen molar-refractivity contribution < 1.29 is 14.3 Å². The molecule has 0 radical (unpaired) electrons. The van der Waals surface area contributed by atoms with E-state index < -0.39 is 0 Å². The van der Waals surface area contributed by atoms with Crippen LogP contribution in [0.25, 0.3) is 0 Å². The fraction of sp³-hybridized carbons (Fsp3) is 0.529. The fourth-order valence-electron chi connectivity index (χ4n) is 3.02. The lowest BCUT2D eigenvalue weighted by atomic mass is 10.1. The lowest BCUT2D eigenvalue weighted by Gasteiger charge is -2.38. The molecule has 2 aliphatic heterocycles. The Morgan fingerprint density at radius 1 is 0.917 bits per heavy atom. The Labute approximate surface area is 146 Å². The minimum absolute atomic E-state index is 0.0523. The predicted molar refractivity (Wildman–Crippen MR) is 91.1 cm³/mol. The Kier molecular flexibility index (Phi) is 5.58. The second-order valence-corrected chi connectivity index (χ2v) is 6.43. The predicted octanol–water partition coefficient (Wildman–Crippen LogP) is 1.48. The molecule has 130 valence electrons. The standard InChI is InChI=1S/C17H22ClN3O3/c18-15-4-2-1-3-14(15)13-16(22)19-5-7-20(8-6-19)17(23)21-9-11-24-12-10-21/h1-4H,5-13H2. The van der Waals surface area contributed by atoms with Crippen molar-refractivity contribution >= 4 is 23.5 Å². The van der Waals surface area contributed by atoms with E-state index in [1.54, 1.807) is 6.07 Å². The Balaban J connectivity index is 1.50. The van der Waals surface area contributed by atoms with Crippen LogP contribution < -0.4 is 0 Å². The molecule has 24 heavy (non-hydrogen) atoms. The quantitative estimate of drug-likeness (QED) is 0.811. The largest absolute Gasteiger partial charge is 0.378 e. The molecule has 3 rings (SSSR count). The molecule has 0 saturated carbocycles. The SMILES string of the molecule is O=C(Cc1ccccc1Cl)N1CCN(C(=O)N2CCOCC2)CC1. The van der Waals surface area contributed by atoms with Gasteiger partial charge in [-0.25, -0.2) is 4.79 Å². The van der Waals surface area contributed by atoms with Gasteiger partial charge in [0.05, 0.1) is 19.6 Å². The highest BCUT2D eigenvalue weighted by Crippen LogP contribution is 2.17. The first kappa shape index (κ1) is 17.0. The highest BCUT2D eigenvalue weighted by atomic mass is 35.5. The smallest absolute Gasteiger partial charge is 0.320 e. The van der Waals surface area contributed by atoms with Crippen LogP contribution in [-0.4, -0.2) is 79.1 Å². The molecule has 0 spiro atoms. The van der Waals surface area contributed by atoms with Crippen LogP contribution in [0.2, 0.25) is 5.02 Å². The molecule has 2 aliphatic rings. The van der Waals surface area contributed by atoms with Gasteiger partial charge in [0.15, 0.2) is 0 Å². The maximum absolute atomic E-state index is 12.4. The Morgan fingerprint density at radius 2 is 1.50 bits per heavy atom. The molecule has 0 aliphatic carbocycles. The van der Waals surface area contributed by atoms with Crippen LogP contribution in [0, 0.1) is 0 Å². The molecule has 2 saturated heterocycles. The average Bonchev–Trinajstić information content (AvgIpc) is 2.64. The maximum atomic E-state index is 12.4. The number of nitrogens with zero attached hydrogens (tertiary/aromatic N) is 3. The first-order chi connectivity index (χ1) is 11.6. The van der Waals surface area contributed by atoms with Crippen LogP contribution >= 0.6 is 11.6 Å². The summed E-state index contributed by atoms with van der Waals surface area (Å²) in [5.74, 6) is 0.0570. The van der Waals surface area contributed by atoms with Crippen molar-refractivity contribution in [3.8, 4) is 0 Å². The van der Waals surface area contributed by atoms with Crippen molar-refractivity contribution in [3.05, 3.63) is 34.9 Å². The van der Waals surface area contributed by atoms with Gasteiger partial charge < -0.3 is 19.4 Å². The second kappa shape index (κ2) is 7.85. The topological polar surface area (TPSA) is 53.1 Å². The summed E-state index contributed by atoms with van der Waals surface area (Å²) < 4.78 is 5.28. The van der Waals surface area contributed by atoms with E-state index in [4.69, 9.17) is 16.3 Å². The number of morpholine rings is 1. The highest BCUT2D eigenvalue weighted by molar-refractivity contribution is 6.31. The lowest BCUT2D eigenvalue weighted by molar-refractivity contribution is -0.131. The number of ether oxygens (including phenoxy) is 1. The van der Waals surface area contributed by atoms with Crippen LogP contribution in [0.15, 0.2) is 24.3 Å². The lowest BCUT2D eigenvalue weighted by Crippen LogP contribution is -2.55. The Hall–Kier alpha value is -1.79. The summed E-state index contributed by atoms with van der Waals surface area (Å²) in [7, 11) is 0. The molecule has 0 unspecified atom stereocenters. The number of halogens is 1. The van der Waals surface area contributed by atoms with E-state index in [0.29, 0.717) is 63.9 Å². The molecule has 0 atom stereocenters. The Morgan fingerprint density at radius 3 is 2.17 bits per heavy atom. The summed E-state index contributed by atoms with van der Waals surface area (Å²) in [6, 6.07) is 7.46. The number of urea groups is 1. The average molecular weight is 352 g/mol. The number of piperazine rings is 1. The van der Waals surface area contributed by atoms with Gasteiger partial charge in [0, 0.05) is 44.3 Å². The van der Waals surface area contributed by atoms with Crippen molar-refractivity contribution in [2.24, 2.45) is 0 Å². The normalized spacial score (nSPS) is 18.6. The molecule has 0 N–H and O–H groups in total. The first-order valence-electron chi connectivity index (χ1n) is 8.28. The van der Waals surface area contributed by atoms with E-state index in [2.05, 4.69) is 0 Å². The number of amides is 3.